The van der Waals surface area contributed by atoms with E-state index in [4.69, 9.17) is 4.74 Å². The van der Waals surface area contributed by atoms with Gasteiger partial charge in [0.25, 0.3) is 0 Å². The molecule has 2 N–H and O–H groups in total. The van der Waals surface area contributed by atoms with Gasteiger partial charge in [0.2, 0.25) is 5.92 Å². The van der Waals surface area contributed by atoms with Crippen LogP contribution < -0.4 is 10.6 Å². The minimum Gasteiger partial charge on any atom is -0.444 e. The van der Waals surface area contributed by atoms with Gasteiger partial charge in [0, 0.05) is 32.5 Å². The largest absolute Gasteiger partial charge is 0.444 e. The van der Waals surface area contributed by atoms with Crippen LogP contribution in [0.3, 0.4) is 0 Å². The van der Waals surface area contributed by atoms with E-state index in [1.54, 1.807) is 42.6 Å². The van der Waals surface area contributed by atoms with E-state index in [0.717, 1.165) is 18.4 Å². The van der Waals surface area contributed by atoms with Crippen LogP contribution in [0.15, 0.2) is 18.5 Å². The van der Waals surface area contributed by atoms with E-state index in [2.05, 4.69) is 20.7 Å². The van der Waals surface area contributed by atoms with Gasteiger partial charge in [-0.05, 0) is 64.0 Å². The molecule has 4 rings (SSSR count). The first kappa shape index (κ1) is 25.1. The number of hydrogen-bond acceptors (Lipinski definition) is 5. The molecule has 3 heterocycles. The van der Waals surface area contributed by atoms with E-state index >= 15 is 0 Å². The highest BCUT2D eigenvalue weighted by Crippen LogP contribution is 2.41. The second-order valence-electron chi connectivity index (χ2n) is 10.5. The lowest BCUT2D eigenvalue weighted by Gasteiger charge is -2.33. The van der Waals surface area contributed by atoms with E-state index in [1.807, 2.05) is 6.07 Å². The highest BCUT2D eigenvalue weighted by atomic mass is 19.3. The Morgan fingerprint density at radius 3 is 2.77 bits per heavy atom. The summed E-state index contributed by atoms with van der Waals surface area (Å²) in [5, 5.41) is 10.2. The van der Waals surface area contributed by atoms with Crippen molar-refractivity contribution >= 4 is 17.8 Å². The average molecular weight is 493 g/mol. The molecule has 1 atom stereocenters. The van der Waals surface area contributed by atoms with Crippen LogP contribution in [0.5, 0.6) is 0 Å². The number of urea groups is 1. The molecular formula is C24H34F2N6O3. The van der Waals surface area contributed by atoms with E-state index in [9.17, 15) is 18.4 Å². The van der Waals surface area contributed by atoms with Gasteiger partial charge in [0.1, 0.15) is 5.60 Å². The van der Waals surface area contributed by atoms with Crippen molar-refractivity contribution in [3.05, 3.63) is 29.7 Å². The Hall–Kier alpha value is -2.98. The van der Waals surface area contributed by atoms with Crippen molar-refractivity contribution in [2.24, 2.45) is 5.92 Å². The summed E-state index contributed by atoms with van der Waals surface area (Å²) in [6.45, 7) is 7.06. The molecule has 1 aliphatic heterocycles. The first-order valence-corrected chi connectivity index (χ1v) is 12.2. The molecule has 3 amide bonds. The predicted octanol–water partition coefficient (Wildman–Crippen LogP) is 4.43. The average Bonchev–Trinajstić information content (AvgIpc) is 3.08. The first-order chi connectivity index (χ1) is 16.5. The van der Waals surface area contributed by atoms with Crippen LogP contribution >= 0.6 is 0 Å². The molecule has 9 nitrogen and oxygen atoms in total. The Kier molecular flexibility index (Phi) is 7.14. The van der Waals surface area contributed by atoms with Gasteiger partial charge >= 0.3 is 12.1 Å². The summed E-state index contributed by atoms with van der Waals surface area (Å²) < 4.78 is 34.7. The maximum atomic E-state index is 13.8. The summed E-state index contributed by atoms with van der Waals surface area (Å²) in [7, 11) is 0. The highest BCUT2D eigenvalue weighted by molar-refractivity contribution is 5.74. The van der Waals surface area contributed by atoms with Gasteiger partial charge in [0.15, 0.2) is 5.65 Å². The Morgan fingerprint density at radius 1 is 1.31 bits per heavy atom. The minimum absolute atomic E-state index is 0.0953. The maximum absolute atomic E-state index is 13.8. The van der Waals surface area contributed by atoms with E-state index in [-0.39, 0.29) is 37.6 Å². The molecule has 2 aromatic rings. The number of alkyl carbamates (subject to hydrolysis) is 1. The van der Waals surface area contributed by atoms with Crippen molar-refractivity contribution in [2.75, 3.05) is 13.1 Å². The zero-order valence-electron chi connectivity index (χ0n) is 20.5. The Labute approximate surface area is 203 Å². The zero-order chi connectivity index (χ0) is 25.2. The van der Waals surface area contributed by atoms with Crippen molar-refractivity contribution in [3.8, 4) is 0 Å². The molecule has 1 aliphatic carbocycles. The van der Waals surface area contributed by atoms with Gasteiger partial charge in [-0.15, -0.1) is 0 Å². The molecule has 2 aliphatic rings. The van der Waals surface area contributed by atoms with Crippen LogP contribution in [-0.2, 0) is 11.3 Å². The molecule has 192 valence electrons. The van der Waals surface area contributed by atoms with Crippen LogP contribution in [0.25, 0.3) is 5.65 Å². The van der Waals surface area contributed by atoms with E-state index < -0.39 is 23.7 Å². The lowest BCUT2D eigenvalue weighted by atomic mass is 9.81. The summed E-state index contributed by atoms with van der Waals surface area (Å²) in [4.78, 5) is 31.3. The molecule has 1 saturated carbocycles. The third-order valence-corrected chi connectivity index (χ3v) is 6.41. The highest BCUT2D eigenvalue weighted by Gasteiger charge is 2.39. The van der Waals surface area contributed by atoms with Crippen LogP contribution in [0, 0.1) is 5.92 Å². The Balaban J connectivity index is 1.56. The van der Waals surface area contributed by atoms with Crippen molar-refractivity contribution in [3.63, 3.8) is 0 Å². The quantitative estimate of drug-likeness (QED) is 0.643. The number of halogens is 2. The lowest BCUT2D eigenvalue weighted by Crippen LogP contribution is -2.40. The predicted molar refractivity (Wildman–Crippen MR) is 125 cm³/mol. The topological polar surface area (TPSA) is 101 Å². The number of amides is 3. The number of fused-ring (bicyclic) bond motifs is 1. The van der Waals surface area contributed by atoms with E-state index in [1.165, 1.54) is 0 Å². The molecule has 2 fully saturated rings. The molecule has 11 heteroatoms. The standard InChI is InChI=1S/C24H34F2N6O3/c1-23(2,3)35-22(34)30-20(17-6-8-24(25,26)9-7-17)18-15-32-19(29-18)12-16(13-28-32)14-31-11-5-4-10-27-21(31)33/h12-13,15,17,20H,4-11,14H2,1-3H3,(H,27,33)(H,30,34)/t20-/m0/s1. The normalized spacial score (nSPS) is 20.3. The van der Waals surface area contributed by atoms with Crippen molar-refractivity contribution in [1.82, 2.24) is 30.1 Å². The number of ether oxygens (including phenoxy) is 1. The number of imidazole rings is 1. The molecule has 0 radical (unpaired) electrons. The fourth-order valence-electron chi connectivity index (χ4n) is 4.64. The van der Waals surface area contributed by atoms with Crippen LogP contribution in [0.2, 0.25) is 0 Å². The van der Waals surface area contributed by atoms with E-state index in [0.29, 0.717) is 31.0 Å². The van der Waals surface area contributed by atoms with Crippen LogP contribution in [-0.4, -0.2) is 56.2 Å². The molecule has 2 aromatic heterocycles. The summed E-state index contributed by atoms with van der Waals surface area (Å²) >= 11 is 0. The summed E-state index contributed by atoms with van der Waals surface area (Å²) in [5.74, 6) is -2.88. The summed E-state index contributed by atoms with van der Waals surface area (Å²) in [6, 6.07) is 1.18. The number of hydrogen-bond donors (Lipinski definition) is 2. The zero-order valence-corrected chi connectivity index (χ0v) is 20.5. The number of rotatable bonds is 5. The fourth-order valence-corrected chi connectivity index (χ4v) is 4.64. The van der Waals surface area contributed by atoms with Gasteiger partial charge in [-0.25, -0.2) is 27.9 Å². The van der Waals surface area contributed by atoms with Gasteiger partial charge in [0.05, 0.1) is 24.1 Å². The molecule has 0 bridgehead atoms. The molecule has 1 saturated heterocycles. The number of nitrogens with zero attached hydrogens (tertiary/aromatic N) is 4. The Morgan fingerprint density at radius 2 is 2.06 bits per heavy atom. The number of alkyl halides is 2. The number of carbonyl (C=O) groups is 2. The van der Waals surface area contributed by atoms with Gasteiger partial charge in [-0.1, -0.05) is 0 Å². The van der Waals surface area contributed by atoms with Crippen molar-refractivity contribution in [1.29, 1.82) is 0 Å². The minimum atomic E-state index is -2.68. The summed E-state index contributed by atoms with van der Waals surface area (Å²) in [6.07, 6.45) is 4.75. The third-order valence-electron chi connectivity index (χ3n) is 6.41. The summed E-state index contributed by atoms with van der Waals surface area (Å²) in [5.41, 5.74) is 1.25. The molecular weight excluding hydrogens is 458 g/mol. The van der Waals surface area contributed by atoms with Gasteiger partial charge in [-0.3, -0.25) is 0 Å². The number of carbonyl (C=O) groups excluding carboxylic acids is 2. The van der Waals surface area contributed by atoms with Crippen LogP contribution in [0.4, 0.5) is 18.4 Å². The van der Waals surface area contributed by atoms with Crippen LogP contribution in [0.1, 0.15) is 76.6 Å². The third kappa shape index (κ3) is 6.58. The lowest BCUT2D eigenvalue weighted by molar-refractivity contribution is -0.0500. The molecule has 35 heavy (non-hydrogen) atoms. The van der Waals surface area contributed by atoms with Crippen molar-refractivity contribution in [2.45, 2.75) is 83.4 Å². The first-order valence-electron chi connectivity index (χ1n) is 12.2. The SMILES string of the molecule is CC(C)(C)OC(=O)N[C@H](c1cn2ncc(CN3CCCCNC3=O)cc2n1)C1CCC(F)(F)CC1. The number of aromatic nitrogens is 3. The maximum Gasteiger partial charge on any atom is 0.408 e. The molecule has 0 aromatic carbocycles. The fraction of sp³-hybridized carbons (Fsp3) is 0.667. The monoisotopic (exact) mass is 492 g/mol. The van der Waals surface area contributed by atoms with Crippen molar-refractivity contribution < 1.29 is 23.1 Å². The van der Waals surface area contributed by atoms with Gasteiger partial charge < -0.3 is 20.3 Å². The second kappa shape index (κ2) is 9.94. The second-order valence-corrected chi connectivity index (χ2v) is 10.5. The van der Waals surface area contributed by atoms with Gasteiger partial charge in [-0.2, -0.15) is 5.10 Å². The molecule has 0 spiro atoms. The smallest absolute Gasteiger partial charge is 0.408 e. The number of nitrogens with one attached hydrogen (secondary N) is 2. The molecule has 0 unspecified atom stereocenters. The Bertz CT molecular complexity index is 1060.